The Hall–Kier alpha value is -1.55. The molecule has 4 nitrogen and oxygen atoms in total. The molecule has 0 fully saturated rings. The first-order valence-electron chi connectivity index (χ1n) is 6.56. The van der Waals surface area contributed by atoms with E-state index in [2.05, 4.69) is 20.8 Å². The van der Waals surface area contributed by atoms with Crippen molar-refractivity contribution in [2.75, 3.05) is 13.6 Å². The van der Waals surface area contributed by atoms with Crippen LogP contribution in [0, 0.1) is 5.92 Å². The lowest BCUT2D eigenvalue weighted by Gasteiger charge is -2.25. The molecule has 0 aliphatic carbocycles. The highest BCUT2D eigenvalue weighted by Crippen LogP contribution is 2.25. The number of ketones is 1. The van der Waals surface area contributed by atoms with Crippen LogP contribution in [0.4, 0.5) is 0 Å². The van der Waals surface area contributed by atoms with Crippen molar-refractivity contribution < 1.29 is 15.0 Å². The molecule has 0 aliphatic heterocycles. The number of aromatic hydroxyl groups is 2. The van der Waals surface area contributed by atoms with Crippen LogP contribution >= 0.6 is 0 Å². The lowest BCUT2D eigenvalue weighted by Crippen LogP contribution is -2.34. The van der Waals surface area contributed by atoms with Crippen LogP contribution in [0.1, 0.15) is 37.6 Å². The number of likely N-dealkylation sites (N-methyl/N-ethyl adjacent to an activating group) is 1. The maximum absolute atomic E-state index is 12.1. The number of Topliss-reactive ketones (excluding diaryl/α,β-unsaturated/α-hetero) is 1. The van der Waals surface area contributed by atoms with E-state index in [9.17, 15) is 15.0 Å². The van der Waals surface area contributed by atoms with E-state index in [1.54, 1.807) is 0 Å². The van der Waals surface area contributed by atoms with Crippen molar-refractivity contribution in [2.24, 2.45) is 5.92 Å². The molecule has 2 N–H and O–H groups in total. The Kier molecular flexibility index (Phi) is 5.36. The van der Waals surface area contributed by atoms with Crippen molar-refractivity contribution >= 4 is 5.78 Å². The van der Waals surface area contributed by atoms with Crippen LogP contribution in [0.25, 0.3) is 0 Å². The van der Waals surface area contributed by atoms with Gasteiger partial charge in [-0.05, 0) is 44.5 Å². The van der Waals surface area contributed by atoms with Gasteiger partial charge in [0, 0.05) is 11.6 Å². The third-order valence-corrected chi connectivity index (χ3v) is 3.26. The summed E-state index contributed by atoms with van der Waals surface area (Å²) in [7, 11) is 1.92. The van der Waals surface area contributed by atoms with Crippen LogP contribution in [-0.2, 0) is 0 Å². The number of carbonyl (C=O) groups excluding carboxylic acids is 1. The standard InChI is InChI=1S/C15H23NO3/c1-10(2)7-11(3)16(4)9-15(19)12-5-6-13(17)14(18)8-12/h5-6,8,10-11,17-18H,7,9H2,1-4H3. The molecule has 1 rings (SSSR count). The molecule has 19 heavy (non-hydrogen) atoms. The number of nitrogens with zero attached hydrogens (tertiary/aromatic N) is 1. The van der Waals surface area contributed by atoms with Crippen LogP contribution in [0.2, 0.25) is 0 Å². The minimum Gasteiger partial charge on any atom is -0.504 e. The number of rotatable bonds is 6. The fourth-order valence-corrected chi connectivity index (χ4v) is 2.03. The van der Waals surface area contributed by atoms with Gasteiger partial charge in [0.05, 0.1) is 6.54 Å². The van der Waals surface area contributed by atoms with Gasteiger partial charge < -0.3 is 10.2 Å². The van der Waals surface area contributed by atoms with Crippen molar-refractivity contribution in [1.82, 2.24) is 4.90 Å². The summed E-state index contributed by atoms with van der Waals surface area (Å²) in [4.78, 5) is 14.1. The number of benzene rings is 1. The summed E-state index contributed by atoms with van der Waals surface area (Å²) in [6, 6.07) is 4.49. The zero-order valence-corrected chi connectivity index (χ0v) is 12.1. The third kappa shape index (κ3) is 4.56. The molecule has 0 aromatic heterocycles. The summed E-state index contributed by atoms with van der Waals surface area (Å²) in [6.45, 7) is 6.72. The van der Waals surface area contributed by atoms with E-state index in [4.69, 9.17) is 0 Å². The molecule has 1 aromatic rings. The molecule has 0 amide bonds. The molecular formula is C15H23NO3. The SMILES string of the molecule is CC(C)CC(C)N(C)CC(=O)c1ccc(O)c(O)c1. The maximum atomic E-state index is 12.1. The largest absolute Gasteiger partial charge is 0.504 e. The zero-order chi connectivity index (χ0) is 14.6. The molecule has 0 saturated heterocycles. The predicted octanol–water partition coefficient (Wildman–Crippen LogP) is 2.65. The van der Waals surface area contributed by atoms with Gasteiger partial charge in [-0.25, -0.2) is 0 Å². The van der Waals surface area contributed by atoms with E-state index in [1.807, 2.05) is 11.9 Å². The molecule has 1 aromatic carbocycles. The molecule has 1 unspecified atom stereocenters. The average Bonchev–Trinajstić information content (AvgIpc) is 2.31. The number of phenols is 2. The van der Waals surface area contributed by atoms with E-state index in [-0.39, 0.29) is 17.3 Å². The highest BCUT2D eigenvalue weighted by atomic mass is 16.3. The van der Waals surface area contributed by atoms with E-state index in [0.29, 0.717) is 24.1 Å². The molecule has 1 atom stereocenters. The predicted molar refractivity (Wildman–Crippen MR) is 75.6 cm³/mol. The Morgan fingerprint density at radius 3 is 2.37 bits per heavy atom. The van der Waals surface area contributed by atoms with Crippen LogP contribution < -0.4 is 0 Å². The van der Waals surface area contributed by atoms with Crippen molar-refractivity contribution in [3.05, 3.63) is 23.8 Å². The first-order valence-corrected chi connectivity index (χ1v) is 6.56. The van der Waals surface area contributed by atoms with Gasteiger partial charge in [0.15, 0.2) is 17.3 Å². The quantitative estimate of drug-likeness (QED) is 0.613. The first-order chi connectivity index (χ1) is 8.81. The Morgan fingerprint density at radius 1 is 1.21 bits per heavy atom. The second-order valence-electron chi connectivity index (χ2n) is 5.52. The minimum atomic E-state index is -0.260. The number of carbonyl (C=O) groups is 1. The zero-order valence-electron chi connectivity index (χ0n) is 12.1. The van der Waals surface area contributed by atoms with Gasteiger partial charge in [0.2, 0.25) is 0 Å². The Balaban J connectivity index is 2.66. The highest BCUT2D eigenvalue weighted by Gasteiger charge is 2.16. The van der Waals surface area contributed by atoms with E-state index < -0.39 is 0 Å². The fraction of sp³-hybridized carbons (Fsp3) is 0.533. The van der Waals surface area contributed by atoms with Crippen LogP contribution in [0.15, 0.2) is 18.2 Å². The monoisotopic (exact) mass is 265 g/mol. The normalized spacial score (nSPS) is 12.9. The summed E-state index contributed by atoms with van der Waals surface area (Å²) in [6.07, 6.45) is 1.03. The Bertz CT molecular complexity index is 443. The van der Waals surface area contributed by atoms with Gasteiger partial charge in [0.25, 0.3) is 0 Å². The second kappa shape index (κ2) is 6.57. The topological polar surface area (TPSA) is 60.8 Å². The van der Waals surface area contributed by atoms with E-state index in [0.717, 1.165) is 6.42 Å². The van der Waals surface area contributed by atoms with Gasteiger partial charge in [0.1, 0.15) is 0 Å². The van der Waals surface area contributed by atoms with Crippen molar-refractivity contribution in [3.63, 3.8) is 0 Å². The van der Waals surface area contributed by atoms with Crippen molar-refractivity contribution in [3.8, 4) is 11.5 Å². The Morgan fingerprint density at radius 2 is 1.84 bits per heavy atom. The van der Waals surface area contributed by atoms with Crippen LogP contribution in [0.3, 0.4) is 0 Å². The van der Waals surface area contributed by atoms with Gasteiger partial charge in [-0.1, -0.05) is 13.8 Å². The molecule has 106 valence electrons. The molecule has 0 radical (unpaired) electrons. The van der Waals surface area contributed by atoms with Gasteiger partial charge in [-0.15, -0.1) is 0 Å². The minimum absolute atomic E-state index is 0.0617. The number of hydrogen-bond acceptors (Lipinski definition) is 4. The lowest BCUT2D eigenvalue weighted by molar-refractivity contribution is 0.0916. The summed E-state index contributed by atoms with van der Waals surface area (Å²) in [5.74, 6) is 0.0560. The molecule has 0 bridgehead atoms. The maximum Gasteiger partial charge on any atom is 0.176 e. The van der Waals surface area contributed by atoms with Gasteiger partial charge >= 0.3 is 0 Å². The van der Waals surface area contributed by atoms with Crippen molar-refractivity contribution in [2.45, 2.75) is 33.2 Å². The van der Waals surface area contributed by atoms with Gasteiger partial charge in [-0.2, -0.15) is 0 Å². The smallest absolute Gasteiger partial charge is 0.176 e. The molecule has 0 saturated carbocycles. The fourth-order valence-electron chi connectivity index (χ4n) is 2.03. The Labute approximate surface area is 114 Å². The molecule has 4 heteroatoms. The lowest BCUT2D eigenvalue weighted by atomic mass is 10.0. The third-order valence-electron chi connectivity index (χ3n) is 3.26. The van der Waals surface area contributed by atoms with Gasteiger partial charge in [-0.3, -0.25) is 9.69 Å². The molecule has 0 heterocycles. The first kappa shape index (κ1) is 15.5. The highest BCUT2D eigenvalue weighted by molar-refractivity contribution is 5.98. The average molecular weight is 265 g/mol. The van der Waals surface area contributed by atoms with E-state index >= 15 is 0 Å². The summed E-state index contributed by atoms with van der Waals surface area (Å²) in [5.41, 5.74) is 0.416. The van der Waals surface area contributed by atoms with Crippen LogP contribution in [-0.4, -0.2) is 40.5 Å². The molecule has 0 spiro atoms. The molecule has 0 aliphatic rings. The molecular weight excluding hydrogens is 242 g/mol. The van der Waals surface area contributed by atoms with Crippen molar-refractivity contribution in [1.29, 1.82) is 0 Å². The number of hydrogen-bond donors (Lipinski definition) is 2. The summed E-state index contributed by atoms with van der Waals surface area (Å²) in [5, 5.41) is 18.6. The van der Waals surface area contributed by atoms with Crippen LogP contribution in [0.5, 0.6) is 11.5 Å². The second-order valence-corrected chi connectivity index (χ2v) is 5.52. The van der Waals surface area contributed by atoms with E-state index in [1.165, 1.54) is 18.2 Å². The number of phenolic OH excluding ortho intramolecular Hbond substituents is 2. The summed E-state index contributed by atoms with van der Waals surface area (Å²) < 4.78 is 0. The summed E-state index contributed by atoms with van der Waals surface area (Å²) >= 11 is 0.